The van der Waals surface area contributed by atoms with E-state index < -0.39 is 0 Å². The molecular formula is C17H28N4O2. The highest BCUT2D eigenvalue weighted by molar-refractivity contribution is 4.96. The smallest absolute Gasteiger partial charge is 0.311 e. The molecular weight excluding hydrogens is 292 g/mol. The van der Waals surface area contributed by atoms with Gasteiger partial charge in [-0.05, 0) is 19.8 Å². The quantitative estimate of drug-likeness (QED) is 0.891. The molecule has 1 aliphatic heterocycles. The van der Waals surface area contributed by atoms with Gasteiger partial charge in [-0.3, -0.25) is 19.2 Å². The van der Waals surface area contributed by atoms with Crippen LogP contribution in [0.25, 0.3) is 0 Å². The third-order valence-corrected chi connectivity index (χ3v) is 5.29. The maximum Gasteiger partial charge on any atom is 0.328 e. The summed E-state index contributed by atoms with van der Waals surface area (Å²) >= 11 is 0. The molecule has 23 heavy (non-hydrogen) atoms. The number of nitrogens with zero attached hydrogens (tertiary/aromatic N) is 3. The molecule has 1 saturated heterocycles. The summed E-state index contributed by atoms with van der Waals surface area (Å²) in [5.74, 6) is 0. The van der Waals surface area contributed by atoms with Gasteiger partial charge in [-0.15, -0.1) is 0 Å². The molecule has 6 nitrogen and oxygen atoms in total. The topological polar surface area (TPSA) is 61.3 Å². The van der Waals surface area contributed by atoms with E-state index in [0.717, 1.165) is 38.8 Å². The van der Waals surface area contributed by atoms with Gasteiger partial charge < -0.3 is 4.98 Å². The van der Waals surface area contributed by atoms with Crippen molar-refractivity contribution in [1.82, 2.24) is 19.4 Å². The molecule has 1 aromatic heterocycles. The fourth-order valence-electron chi connectivity index (χ4n) is 3.89. The predicted molar refractivity (Wildman–Crippen MR) is 90.9 cm³/mol. The number of hydrogen-bond acceptors (Lipinski definition) is 4. The van der Waals surface area contributed by atoms with Gasteiger partial charge in [0.05, 0.1) is 0 Å². The summed E-state index contributed by atoms with van der Waals surface area (Å²) in [4.78, 5) is 31.5. The molecule has 0 unspecified atom stereocenters. The SMILES string of the molecule is Cc1cc(=O)n(CCN2CCN(C3CCCCC3)CC2)c(=O)[nH]1. The van der Waals surface area contributed by atoms with Gasteiger partial charge in [-0.2, -0.15) is 0 Å². The normalized spacial score (nSPS) is 21.6. The number of hydrogen-bond donors (Lipinski definition) is 1. The van der Waals surface area contributed by atoms with Crippen LogP contribution in [0.1, 0.15) is 37.8 Å². The van der Waals surface area contributed by atoms with Crippen LogP contribution in [0.15, 0.2) is 15.7 Å². The summed E-state index contributed by atoms with van der Waals surface area (Å²) in [6.45, 7) is 7.28. The largest absolute Gasteiger partial charge is 0.328 e. The number of H-pyrrole nitrogens is 1. The fraction of sp³-hybridized carbons (Fsp3) is 0.765. The van der Waals surface area contributed by atoms with Gasteiger partial charge in [0.15, 0.2) is 0 Å². The van der Waals surface area contributed by atoms with Gasteiger partial charge in [-0.1, -0.05) is 19.3 Å². The van der Waals surface area contributed by atoms with Crippen LogP contribution in [0.5, 0.6) is 0 Å². The van der Waals surface area contributed by atoms with Crippen LogP contribution in [0, 0.1) is 6.92 Å². The lowest BCUT2D eigenvalue weighted by molar-refractivity contribution is 0.0770. The van der Waals surface area contributed by atoms with Gasteiger partial charge >= 0.3 is 5.69 Å². The average molecular weight is 320 g/mol. The molecule has 6 heteroatoms. The van der Waals surface area contributed by atoms with Crippen LogP contribution in [-0.2, 0) is 6.54 Å². The van der Waals surface area contributed by atoms with Gasteiger partial charge in [0.1, 0.15) is 0 Å². The molecule has 1 N–H and O–H groups in total. The molecule has 0 bridgehead atoms. The maximum absolute atomic E-state index is 11.9. The highest BCUT2D eigenvalue weighted by atomic mass is 16.2. The predicted octanol–water partition coefficient (Wildman–Crippen LogP) is 0.795. The number of aromatic amines is 1. The van der Waals surface area contributed by atoms with E-state index in [1.807, 2.05) is 0 Å². The van der Waals surface area contributed by atoms with E-state index in [1.165, 1.54) is 42.7 Å². The molecule has 1 aliphatic carbocycles. The summed E-state index contributed by atoms with van der Waals surface area (Å²) in [6.07, 6.45) is 6.87. The minimum Gasteiger partial charge on any atom is -0.311 e. The zero-order valence-electron chi connectivity index (χ0n) is 14.1. The van der Waals surface area contributed by atoms with Crippen LogP contribution in [0.3, 0.4) is 0 Å². The first-order valence-corrected chi connectivity index (χ1v) is 8.90. The minimum absolute atomic E-state index is 0.202. The molecule has 2 aliphatic rings. The van der Waals surface area contributed by atoms with Crippen LogP contribution in [0.4, 0.5) is 0 Å². The number of nitrogens with one attached hydrogen (secondary N) is 1. The Morgan fingerprint density at radius 1 is 1.04 bits per heavy atom. The van der Waals surface area contributed by atoms with Crippen molar-refractivity contribution in [1.29, 1.82) is 0 Å². The molecule has 1 saturated carbocycles. The van der Waals surface area contributed by atoms with E-state index >= 15 is 0 Å². The Hall–Kier alpha value is -1.40. The first-order chi connectivity index (χ1) is 11.1. The lowest BCUT2D eigenvalue weighted by atomic mass is 9.94. The molecule has 3 rings (SSSR count). The molecule has 0 atom stereocenters. The second kappa shape index (κ2) is 7.45. The Kier molecular flexibility index (Phi) is 5.33. The molecule has 128 valence electrons. The van der Waals surface area contributed by atoms with Crippen LogP contribution in [0.2, 0.25) is 0 Å². The molecule has 0 amide bonds. The van der Waals surface area contributed by atoms with Gasteiger partial charge in [0.25, 0.3) is 5.56 Å². The third kappa shape index (κ3) is 4.12. The molecule has 2 heterocycles. The van der Waals surface area contributed by atoms with Crippen molar-refractivity contribution >= 4 is 0 Å². The Bertz CT molecular complexity index is 591. The van der Waals surface area contributed by atoms with E-state index in [1.54, 1.807) is 6.92 Å². The van der Waals surface area contributed by atoms with E-state index in [9.17, 15) is 9.59 Å². The number of aromatic nitrogens is 2. The Morgan fingerprint density at radius 3 is 2.39 bits per heavy atom. The monoisotopic (exact) mass is 320 g/mol. The number of aryl methyl sites for hydroxylation is 1. The molecule has 0 radical (unpaired) electrons. The Labute approximate surface area is 137 Å². The Balaban J connectivity index is 1.49. The molecule has 0 aromatic carbocycles. The summed E-state index contributed by atoms with van der Waals surface area (Å²) < 4.78 is 1.31. The highest BCUT2D eigenvalue weighted by Gasteiger charge is 2.24. The Morgan fingerprint density at radius 2 is 1.74 bits per heavy atom. The van der Waals surface area contributed by atoms with Gasteiger partial charge in [0, 0.05) is 57.1 Å². The third-order valence-electron chi connectivity index (χ3n) is 5.29. The second-order valence-electron chi connectivity index (χ2n) is 6.92. The lowest BCUT2D eigenvalue weighted by Gasteiger charge is -2.40. The lowest BCUT2D eigenvalue weighted by Crippen LogP contribution is -2.51. The highest BCUT2D eigenvalue weighted by Crippen LogP contribution is 2.23. The number of piperazine rings is 1. The van der Waals surface area contributed by atoms with E-state index in [4.69, 9.17) is 0 Å². The van der Waals surface area contributed by atoms with E-state index in [-0.39, 0.29) is 11.2 Å². The van der Waals surface area contributed by atoms with E-state index in [0.29, 0.717) is 12.2 Å². The molecule has 0 spiro atoms. The first kappa shape index (κ1) is 16.5. The van der Waals surface area contributed by atoms with Crippen molar-refractivity contribution < 1.29 is 0 Å². The van der Waals surface area contributed by atoms with Crippen molar-refractivity contribution in [2.75, 3.05) is 32.7 Å². The first-order valence-electron chi connectivity index (χ1n) is 8.90. The van der Waals surface area contributed by atoms with Crippen LogP contribution in [-0.4, -0.2) is 58.1 Å². The van der Waals surface area contributed by atoms with Gasteiger partial charge in [-0.25, -0.2) is 4.79 Å². The van der Waals surface area contributed by atoms with Crippen LogP contribution < -0.4 is 11.2 Å². The fourth-order valence-corrected chi connectivity index (χ4v) is 3.89. The number of rotatable bonds is 4. The van der Waals surface area contributed by atoms with E-state index in [2.05, 4.69) is 14.8 Å². The van der Waals surface area contributed by atoms with Crippen molar-refractivity contribution in [3.8, 4) is 0 Å². The van der Waals surface area contributed by atoms with Crippen molar-refractivity contribution in [3.63, 3.8) is 0 Å². The minimum atomic E-state index is -0.296. The van der Waals surface area contributed by atoms with Gasteiger partial charge in [0.2, 0.25) is 0 Å². The van der Waals surface area contributed by atoms with Crippen LogP contribution >= 0.6 is 0 Å². The average Bonchev–Trinajstić information content (AvgIpc) is 2.55. The summed E-state index contributed by atoms with van der Waals surface area (Å²) in [6, 6.07) is 2.27. The standard InChI is InChI=1S/C17H28N4O2/c1-14-13-16(22)21(17(23)18-14)12-9-19-7-10-20(11-8-19)15-5-3-2-4-6-15/h13,15H,2-12H2,1H3,(H,18,23). The van der Waals surface area contributed by atoms with Crippen molar-refractivity contribution in [3.05, 3.63) is 32.6 Å². The molecule has 2 fully saturated rings. The second-order valence-corrected chi connectivity index (χ2v) is 6.92. The van der Waals surface area contributed by atoms with Crippen molar-refractivity contribution in [2.45, 2.75) is 51.6 Å². The summed E-state index contributed by atoms with van der Waals surface area (Å²) in [5, 5.41) is 0. The molecule has 1 aromatic rings. The zero-order valence-corrected chi connectivity index (χ0v) is 14.1. The summed E-state index contributed by atoms with van der Waals surface area (Å²) in [5.41, 5.74) is 0.125. The van der Waals surface area contributed by atoms with Crippen molar-refractivity contribution in [2.24, 2.45) is 0 Å². The maximum atomic E-state index is 11.9. The summed E-state index contributed by atoms with van der Waals surface area (Å²) in [7, 11) is 0. The zero-order chi connectivity index (χ0) is 16.2.